The van der Waals surface area contributed by atoms with Crippen molar-refractivity contribution in [3.05, 3.63) is 67.0 Å². The molecule has 21 heavy (non-hydrogen) atoms. The lowest BCUT2D eigenvalue weighted by molar-refractivity contribution is -0.384. The van der Waals surface area contributed by atoms with Crippen molar-refractivity contribution in [1.29, 1.82) is 0 Å². The van der Waals surface area contributed by atoms with Gasteiger partial charge in [0.05, 0.1) is 8.49 Å². The fourth-order valence-corrected chi connectivity index (χ4v) is 3.06. The largest absolute Gasteiger partial charge is 0.379 e. The summed E-state index contributed by atoms with van der Waals surface area (Å²) >= 11 is 1.75. The van der Waals surface area contributed by atoms with E-state index in [2.05, 4.69) is 17.4 Å². The van der Waals surface area contributed by atoms with Gasteiger partial charge < -0.3 is 5.32 Å². The highest BCUT2D eigenvalue weighted by Crippen LogP contribution is 2.36. The van der Waals surface area contributed by atoms with Gasteiger partial charge in [-0.15, -0.1) is 0 Å². The van der Waals surface area contributed by atoms with Crippen LogP contribution in [0.2, 0.25) is 0 Å². The van der Waals surface area contributed by atoms with Crippen LogP contribution in [0.15, 0.2) is 36.4 Å². The molecule has 0 heterocycles. The first-order chi connectivity index (χ1) is 10.1. The Balaban J connectivity index is 1.77. The summed E-state index contributed by atoms with van der Waals surface area (Å²) in [5.74, 6) is -0.124. The van der Waals surface area contributed by atoms with E-state index < -0.39 is 10.7 Å². The zero-order valence-corrected chi connectivity index (χ0v) is 13.1. The summed E-state index contributed by atoms with van der Waals surface area (Å²) in [6.07, 6.45) is 0.948. The van der Waals surface area contributed by atoms with Gasteiger partial charge >= 0.3 is 0 Å². The number of anilines is 1. The first kappa shape index (κ1) is 14.2. The highest BCUT2D eigenvalue weighted by molar-refractivity contribution is 14.1. The Morgan fingerprint density at radius 3 is 2.86 bits per heavy atom. The van der Waals surface area contributed by atoms with Gasteiger partial charge in [0.2, 0.25) is 0 Å². The third-order valence-electron chi connectivity index (χ3n) is 3.74. The Bertz CT molecular complexity index is 721. The Morgan fingerprint density at radius 2 is 2.14 bits per heavy atom. The van der Waals surface area contributed by atoms with E-state index in [9.17, 15) is 14.5 Å². The minimum absolute atomic E-state index is 0.0894. The van der Waals surface area contributed by atoms with E-state index in [1.54, 1.807) is 22.6 Å². The van der Waals surface area contributed by atoms with E-state index in [4.69, 9.17) is 0 Å². The quantitative estimate of drug-likeness (QED) is 0.480. The number of nitro benzene ring substituents is 1. The first-order valence-corrected chi connectivity index (χ1v) is 7.59. The minimum Gasteiger partial charge on any atom is -0.379 e. The molecule has 4 nitrogen and oxygen atoms in total. The molecule has 0 bridgehead atoms. The molecule has 0 saturated heterocycles. The standard InChI is InChI=1S/C15H12FIN2O2/c16-12-6-14(15(19(20)21)7-13(12)17)18-8-10-5-9-3-1-2-4-11(9)10/h1-4,6-7,10,18H,5,8H2. The van der Waals surface area contributed by atoms with Gasteiger partial charge in [0.15, 0.2) is 0 Å². The van der Waals surface area contributed by atoms with Crippen LogP contribution in [0.3, 0.4) is 0 Å². The summed E-state index contributed by atoms with van der Waals surface area (Å²) in [7, 11) is 0. The SMILES string of the molecule is O=[N+]([O-])c1cc(I)c(F)cc1NCC1Cc2ccccc21. The van der Waals surface area contributed by atoms with Crippen LogP contribution in [0.1, 0.15) is 17.0 Å². The second-order valence-electron chi connectivity index (χ2n) is 5.02. The Hall–Kier alpha value is -1.70. The molecule has 0 saturated carbocycles. The first-order valence-electron chi connectivity index (χ1n) is 6.51. The second-order valence-corrected chi connectivity index (χ2v) is 6.18. The summed E-state index contributed by atoms with van der Waals surface area (Å²) in [6.45, 7) is 0.567. The summed E-state index contributed by atoms with van der Waals surface area (Å²) < 4.78 is 13.9. The average Bonchev–Trinajstić information content (AvgIpc) is 2.43. The topological polar surface area (TPSA) is 55.2 Å². The van der Waals surface area contributed by atoms with Crippen molar-refractivity contribution in [3.63, 3.8) is 0 Å². The predicted octanol–water partition coefficient (Wildman–Crippen LogP) is 4.09. The van der Waals surface area contributed by atoms with Gasteiger partial charge in [-0.3, -0.25) is 10.1 Å². The number of nitrogens with one attached hydrogen (secondary N) is 1. The van der Waals surface area contributed by atoms with Gasteiger partial charge in [0.25, 0.3) is 5.69 Å². The molecule has 6 heteroatoms. The molecule has 2 aromatic rings. The number of nitrogens with zero attached hydrogens (tertiary/aromatic N) is 1. The van der Waals surface area contributed by atoms with E-state index in [1.807, 2.05) is 12.1 Å². The van der Waals surface area contributed by atoms with E-state index in [1.165, 1.54) is 23.3 Å². The smallest absolute Gasteiger partial charge is 0.293 e. The van der Waals surface area contributed by atoms with Crippen LogP contribution in [-0.4, -0.2) is 11.5 Å². The average molecular weight is 398 g/mol. The molecule has 108 valence electrons. The molecular weight excluding hydrogens is 386 g/mol. The van der Waals surface area contributed by atoms with Crippen molar-refractivity contribution < 1.29 is 9.31 Å². The molecule has 0 aliphatic heterocycles. The second kappa shape index (κ2) is 5.59. The van der Waals surface area contributed by atoms with Gasteiger partial charge in [-0.25, -0.2) is 4.39 Å². The third kappa shape index (κ3) is 2.72. The Kier molecular flexibility index (Phi) is 3.79. The molecule has 1 aliphatic carbocycles. The van der Waals surface area contributed by atoms with Crippen molar-refractivity contribution in [2.24, 2.45) is 0 Å². The maximum atomic E-state index is 13.6. The number of halogens is 2. The summed E-state index contributed by atoms with van der Waals surface area (Å²) in [6, 6.07) is 10.6. The lowest BCUT2D eigenvalue weighted by Crippen LogP contribution is -2.24. The van der Waals surface area contributed by atoms with E-state index in [0.717, 1.165) is 6.42 Å². The Morgan fingerprint density at radius 1 is 1.38 bits per heavy atom. The Labute approximate surface area is 134 Å². The number of hydrogen-bond acceptors (Lipinski definition) is 3. The van der Waals surface area contributed by atoms with Gasteiger partial charge in [-0.1, -0.05) is 24.3 Å². The molecule has 1 aliphatic rings. The van der Waals surface area contributed by atoms with Crippen molar-refractivity contribution >= 4 is 34.0 Å². The highest BCUT2D eigenvalue weighted by atomic mass is 127. The minimum atomic E-state index is -0.487. The molecule has 2 aromatic carbocycles. The molecule has 1 N–H and O–H groups in total. The lowest BCUT2D eigenvalue weighted by Gasteiger charge is -2.30. The van der Waals surface area contributed by atoms with Crippen LogP contribution < -0.4 is 5.32 Å². The van der Waals surface area contributed by atoms with Crippen LogP contribution in [0, 0.1) is 19.5 Å². The normalized spacial score (nSPS) is 16.0. The van der Waals surface area contributed by atoms with E-state index in [-0.39, 0.29) is 14.9 Å². The fourth-order valence-electron chi connectivity index (χ4n) is 2.61. The molecule has 0 aromatic heterocycles. The predicted molar refractivity (Wildman–Crippen MR) is 87.1 cm³/mol. The van der Waals surface area contributed by atoms with Crippen molar-refractivity contribution in [3.8, 4) is 0 Å². The molecule has 0 radical (unpaired) electrons. The van der Waals surface area contributed by atoms with Gasteiger partial charge in [0.1, 0.15) is 11.5 Å². The fraction of sp³-hybridized carbons (Fsp3) is 0.200. The summed E-state index contributed by atoms with van der Waals surface area (Å²) in [5.41, 5.74) is 2.72. The monoisotopic (exact) mass is 398 g/mol. The van der Waals surface area contributed by atoms with Crippen LogP contribution >= 0.6 is 22.6 Å². The van der Waals surface area contributed by atoms with E-state index >= 15 is 0 Å². The molecule has 1 unspecified atom stereocenters. The van der Waals surface area contributed by atoms with Crippen molar-refractivity contribution in [1.82, 2.24) is 0 Å². The summed E-state index contributed by atoms with van der Waals surface area (Å²) in [5, 5.41) is 14.1. The number of rotatable bonds is 4. The number of hydrogen-bond donors (Lipinski definition) is 1. The number of fused-ring (bicyclic) bond motifs is 1. The van der Waals surface area contributed by atoms with Gasteiger partial charge in [0, 0.05) is 24.6 Å². The van der Waals surface area contributed by atoms with Gasteiger partial charge in [-0.05, 0) is 40.1 Å². The molecule has 0 amide bonds. The zero-order chi connectivity index (χ0) is 15.0. The van der Waals surface area contributed by atoms with Crippen LogP contribution in [0.5, 0.6) is 0 Å². The van der Waals surface area contributed by atoms with Crippen LogP contribution in [-0.2, 0) is 6.42 Å². The van der Waals surface area contributed by atoms with Crippen LogP contribution in [0.25, 0.3) is 0 Å². The van der Waals surface area contributed by atoms with Crippen LogP contribution in [0.4, 0.5) is 15.8 Å². The number of benzene rings is 2. The van der Waals surface area contributed by atoms with Gasteiger partial charge in [-0.2, -0.15) is 0 Å². The number of nitro groups is 1. The third-order valence-corrected chi connectivity index (χ3v) is 4.56. The maximum Gasteiger partial charge on any atom is 0.293 e. The molecule has 1 atom stereocenters. The van der Waals surface area contributed by atoms with Crippen molar-refractivity contribution in [2.75, 3.05) is 11.9 Å². The molecule has 0 fully saturated rings. The molecular formula is C15H12FIN2O2. The summed E-state index contributed by atoms with van der Waals surface area (Å²) in [4.78, 5) is 10.6. The zero-order valence-electron chi connectivity index (χ0n) is 11.0. The molecule has 0 spiro atoms. The van der Waals surface area contributed by atoms with Crippen molar-refractivity contribution in [2.45, 2.75) is 12.3 Å². The molecule has 3 rings (SSSR count). The maximum absolute atomic E-state index is 13.6. The lowest BCUT2D eigenvalue weighted by atomic mass is 9.77. The van der Waals surface area contributed by atoms with E-state index in [0.29, 0.717) is 12.5 Å². The highest BCUT2D eigenvalue weighted by Gasteiger charge is 2.26.